The molecule has 0 saturated heterocycles. The maximum absolute atomic E-state index is 9.35. The molecule has 2 heteroatoms. The fourth-order valence-corrected chi connectivity index (χ4v) is 4.56. The fourth-order valence-electron chi connectivity index (χ4n) is 4.56. The molecule has 0 unspecified atom stereocenters. The molecule has 182 valence electrons. The van der Waals surface area contributed by atoms with Gasteiger partial charge in [-0.3, -0.25) is 0 Å². The Hall–Kier alpha value is -2.66. The summed E-state index contributed by atoms with van der Waals surface area (Å²) in [6.07, 6.45) is 13.8. The predicted octanol–water partition coefficient (Wildman–Crippen LogP) is 9.38. The Labute approximate surface area is 208 Å². The second-order valence-corrected chi connectivity index (χ2v) is 9.31. The molecule has 0 saturated carbocycles. The maximum atomic E-state index is 9.35. The van der Waals surface area contributed by atoms with Crippen molar-refractivity contribution in [3.8, 4) is 0 Å². The highest BCUT2D eigenvalue weighted by Crippen LogP contribution is 2.34. The Morgan fingerprint density at radius 1 is 0.676 bits per heavy atom. The van der Waals surface area contributed by atoms with Crippen LogP contribution in [-0.2, 0) is 12.8 Å². The molecule has 0 radical (unpaired) electrons. The number of rotatable bonds is 15. The van der Waals surface area contributed by atoms with Gasteiger partial charge in [-0.05, 0) is 78.3 Å². The molecule has 0 spiro atoms. The van der Waals surface area contributed by atoms with Crippen LogP contribution >= 0.6 is 0 Å². The van der Waals surface area contributed by atoms with Gasteiger partial charge in [-0.15, -0.1) is 4.79 Å². The van der Waals surface area contributed by atoms with Crippen LogP contribution in [0.15, 0.2) is 59.7 Å². The minimum Gasteiger partial charge on any atom is -0.348 e. The van der Waals surface area contributed by atoms with Gasteiger partial charge >= 0.3 is 5.87 Å². The lowest BCUT2D eigenvalue weighted by Gasteiger charge is -2.17. The van der Waals surface area contributed by atoms with Crippen molar-refractivity contribution in [2.45, 2.75) is 105 Å². The number of benzene rings is 2. The Kier molecular flexibility index (Phi) is 13.0. The lowest BCUT2D eigenvalue weighted by atomic mass is 9.86. The van der Waals surface area contributed by atoms with E-state index >= 15 is 0 Å². The second-order valence-electron chi connectivity index (χ2n) is 9.31. The van der Waals surface area contributed by atoms with Gasteiger partial charge in [0.1, 0.15) is 0 Å². The molecule has 0 aliphatic heterocycles. The first-order valence-corrected chi connectivity index (χ1v) is 13.6. The molecule has 2 aromatic carbocycles. The van der Waals surface area contributed by atoms with Crippen LogP contribution in [0.1, 0.15) is 114 Å². The normalized spacial score (nSPS) is 11.5. The molecule has 0 fully saturated rings. The van der Waals surface area contributed by atoms with E-state index in [9.17, 15) is 5.53 Å². The highest BCUT2D eigenvalue weighted by molar-refractivity contribution is 5.86. The SMILES string of the molecule is CCCCCCc1ccc(C(=C(CC)C(=C=[N+]=[N-])CCCC)c2ccc(CCCC)cc2)cc1. The van der Waals surface area contributed by atoms with Gasteiger partial charge in [-0.1, -0.05) is 108 Å². The Balaban J connectivity index is 2.51. The summed E-state index contributed by atoms with van der Waals surface area (Å²) in [7, 11) is 0. The molecule has 0 bridgehead atoms. The van der Waals surface area contributed by atoms with Crippen molar-refractivity contribution in [2.75, 3.05) is 0 Å². The summed E-state index contributed by atoms with van der Waals surface area (Å²) in [6, 6.07) is 18.2. The lowest BCUT2D eigenvalue weighted by Crippen LogP contribution is -2.00. The molecule has 34 heavy (non-hydrogen) atoms. The topological polar surface area (TPSA) is 36.4 Å². The van der Waals surface area contributed by atoms with Gasteiger partial charge in [0, 0.05) is 0 Å². The molecule has 2 nitrogen and oxygen atoms in total. The van der Waals surface area contributed by atoms with Crippen LogP contribution in [0.25, 0.3) is 11.1 Å². The zero-order chi connectivity index (χ0) is 24.6. The van der Waals surface area contributed by atoms with Crippen LogP contribution in [-0.4, -0.2) is 10.7 Å². The van der Waals surface area contributed by atoms with E-state index in [1.807, 2.05) is 0 Å². The zero-order valence-corrected chi connectivity index (χ0v) is 22.0. The second kappa shape index (κ2) is 16.0. The molecule has 0 N–H and O–H groups in total. The lowest BCUT2D eigenvalue weighted by molar-refractivity contribution is 0.00740. The van der Waals surface area contributed by atoms with E-state index < -0.39 is 0 Å². The number of nitrogens with zero attached hydrogens (tertiary/aromatic N) is 2. The van der Waals surface area contributed by atoms with Gasteiger partial charge < -0.3 is 5.53 Å². The number of allylic oxidation sites excluding steroid dienone is 2. The third-order valence-electron chi connectivity index (χ3n) is 6.61. The van der Waals surface area contributed by atoms with Crippen molar-refractivity contribution in [3.05, 3.63) is 87.5 Å². The molecule has 0 aromatic heterocycles. The van der Waals surface area contributed by atoms with Crippen molar-refractivity contribution in [1.29, 1.82) is 0 Å². The summed E-state index contributed by atoms with van der Waals surface area (Å²) < 4.78 is 0. The largest absolute Gasteiger partial charge is 0.348 e. The van der Waals surface area contributed by atoms with E-state index in [1.165, 1.54) is 71.9 Å². The first-order chi connectivity index (χ1) is 16.7. The van der Waals surface area contributed by atoms with Gasteiger partial charge in [0.25, 0.3) is 0 Å². The monoisotopic (exact) mass is 456 g/mol. The number of hydrogen-bond acceptors (Lipinski definition) is 0. The molecule has 2 aromatic rings. The molecular weight excluding hydrogens is 412 g/mol. The standard InChI is InChI=1S/C32H44N2/c1-5-9-12-13-15-27-19-23-29(24-20-27)32(28-21-17-26(18-22-28)14-10-6-2)31(8-4)30(25-34-33)16-11-7-3/h17-24H,5-16H2,1-4H3. The molecule has 0 aliphatic rings. The fraction of sp³-hybridized carbons (Fsp3) is 0.500. The third-order valence-corrected chi connectivity index (χ3v) is 6.61. The van der Waals surface area contributed by atoms with Gasteiger partial charge in [0.2, 0.25) is 0 Å². The summed E-state index contributed by atoms with van der Waals surface area (Å²) in [6.45, 7) is 8.88. The van der Waals surface area contributed by atoms with Gasteiger partial charge in [-0.25, -0.2) is 0 Å². The molecule has 0 atom stereocenters. The van der Waals surface area contributed by atoms with Gasteiger partial charge in [0.05, 0.1) is 5.57 Å². The molecule has 2 rings (SSSR count). The summed E-state index contributed by atoms with van der Waals surface area (Å²) >= 11 is 0. The van der Waals surface area contributed by atoms with Crippen LogP contribution in [0.5, 0.6) is 0 Å². The van der Waals surface area contributed by atoms with Crippen molar-refractivity contribution >= 4 is 11.4 Å². The van der Waals surface area contributed by atoms with Crippen LogP contribution in [0.4, 0.5) is 0 Å². The average Bonchev–Trinajstić information content (AvgIpc) is 2.87. The molecule has 0 aliphatic carbocycles. The number of hydrogen-bond donors (Lipinski definition) is 0. The van der Waals surface area contributed by atoms with Crippen LogP contribution in [0, 0.1) is 0 Å². The number of aryl methyl sites for hydroxylation is 2. The van der Waals surface area contributed by atoms with Gasteiger partial charge in [-0.2, -0.15) is 0 Å². The van der Waals surface area contributed by atoms with Crippen LogP contribution < -0.4 is 0 Å². The highest BCUT2D eigenvalue weighted by Gasteiger charge is 2.17. The van der Waals surface area contributed by atoms with Crippen molar-refractivity contribution in [1.82, 2.24) is 0 Å². The van der Waals surface area contributed by atoms with E-state index in [0.29, 0.717) is 0 Å². The maximum Gasteiger partial charge on any atom is 0.303 e. The first-order valence-electron chi connectivity index (χ1n) is 13.6. The Bertz CT molecular complexity index is 967. The smallest absolute Gasteiger partial charge is 0.303 e. The Morgan fingerprint density at radius 2 is 1.21 bits per heavy atom. The summed E-state index contributed by atoms with van der Waals surface area (Å²) in [4.78, 5) is 3.32. The van der Waals surface area contributed by atoms with Crippen molar-refractivity contribution in [2.24, 2.45) is 0 Å². The van der Waals surface area contributed by atoms with E-state index in [4.69, 9.17) is 0 Å². The van der Waals surface area contributed by atoms with E-state index in [-0.39, 0.29) is 0 Å². The van der Waals surface area contributed by atoms with E-state index in [2.05, 4.69) is 86.9 Å². The molecule has 0 heterocycles. The highest BCUT2D eigenvalue weighted by atomic mass is 14.8. The average molecular weight is 457 g/mol. The predicted molar refractivity (Wildman–Crippen MR) is 147 cm³/mol. The van der Waals surface area contributed by atoms with Crippen molar-refractivity contribution < 1.29 is 4.79 Å². The first kappa shape index (κ1) is 27.6. The zero-order valence-electron chi connectivity index (χ0n) is 22.0. The van der Waals surface area contributed by atoms with Crippen LogP contribution in [0.2, 0.25) is 0 Å². The summed E-state index contributed by atoms with van der Waals surface area (Å²) in [5.41, 5.74) is 18.1. The minimum atomic E-state index is 0.868. The number of unbranched alkanes of at least 4 members (excludes halogenated alkanes) is 5. The van der Waals surface area contributed by atoms with Crippen LogP contribution in [0.3, 0.4) is 0 Å². The molecular formula is C32H44N2. The Morgan fingerprint density at radius 3 is 1.68 bits per heavy atom. The van der Waals surface area contributed by atoms with E-state index in [0.717, 1.165) is 44.1 Å². The third kappa shape index (κ3) is 8.60. The summed E-state index contributed by atoms with van der Waals surface area (Å²) in [5.74, 6) is 2.92. The van der Waals surface area contributed by atoms with Crippen molar-refractivity contribution in [3.63, 3.8) is 0 Å². The quantitative estimate of drug-likeness (QED) is 0.0841. The summed E-state index contributed by atoms with van der Waals surface area (Å²) in [5, 5.41) is 0. The van der Waals surface area contributed by atoms with E-state index in [1.54, 1.807) is 0 Å². The minimum absolute atomic E-state index is 0.868. The molecule has 0 amide bonds. The van der Waals surface area contributed by atoms with Gasteiger partial charge in [0.15, 0.2) is 0 Å².